The van der Waals surface area contributed by atoms with Gasteiger partial charge in [-0.2, -0.15) is 0 Å². The monoisotopic (exact) mass is 448 g/mol. The number of nitrogens with one attached hydrogen (secondary N) is 1. The van der Waals surface area contributed by atoms with Crippen LogP contribution in [0.5, 0.6) is 17.2 Å². The smallest absolute Gasteiger partial charge is 0.231 e. The molecule has 2 aliphatic heterocycles. The number of benzene rings is 3. The molecule has 0 spiro atoms. The highest BCUT2D eigenvalue weighted by molar-refractivity contribution is 5.78. The molecule has 0 aliphatic carbocycles. The van der Waals surface area contributed by atoms with Crippen LogP contribution in [0.25, 0.3) is 0 Å². The highest BCUT2D eigenvalue weighted by Gasteiger charge is 2.26. The summed E-state index contributed by atoms with van der Waals surface area (Å²) < 4.78 is 31.4. The molecule has 2 aliphatic rings. The number of nitrogens with zero attached hydrogens (tertiary/aromatic N) is 1. The van der Waals surface area contributed by atoms with Crippen molar-refractivity contribution >= 4 is 5.91 Å². The highest BCUT2D eigenvalue weighted by Crippen LogP contribution is 2.33. The van der Waals surface area contributed by atoms with Crippen LogP contribution in [-0.4, -0.2) is 37.2 Å². The number of hydrogen-bond acceptors (Lipinski definition) is 5. The van der Waals surface area contributed by atoms with Gasteiger partial charge in [-0.15, -0.1) is 0 Å². The summed E-state index contributed by atoms with van der Waals surface area (Å²) in [6.07, 6.45) is -0.167. The third kappa shape index (κ3) is 4.93. The molecule has 1 amide bonds. The second-order valence-electron chi connectivity index (χ2n) is 8.19. The van der Waals surface area contributed by atoms with Crippen LogP contribution in [-0.2, 0) is 17.8 Å². The van der Waals surface area contributed by atoms with Gasteiger partial charge in [0.2, 0.25) is 12.7 Å². The summed E-state index contributed by atoms with van der Waals surface area (Å²) in [5.74, 6) is 1.79. The summed E-state index contributed by atoms with van der Waals surface area (Å²) in [6, 6.07) is 20.1. The first-order valence-corrected chi connectivity index (χ1v) is 11.0. The summed E-state index contributed by atoms with van der Waals surface area (Å²) in [5.41, 5.74) is 2.45. The first kappa shape index (κ1) is 21.3. The summed E-state index contributed by atoms with van der Waals surface area (Å²) in [5, 5.41) is 2.99. The average molecular weight is 448 g/mol. The van der Waals surface area contributed by atoms with Crippen molar-refractivity contribution in [3.05, 3.63) is 89.2 Å². The number of fused-ring (bicyclic) bond motifs is 2. The molecule has 2 heterocycles. The predicted octanol–water partition coefficient (Wildman–Crippen LogP) is 3.85. The van der Waals surface area contributed by atoms with Gasteiger partial charge in [-0.25, -0.2) is 4.39 Å². The number of ether oxygens (including phenoxy) is 3. The van der Waals surface area contributed by atoms with E-state index in [0.717, 1.165) is 16.9 Å². The molecule has 7 heteroatoms. The van der Waals surface area contributed by atoms with E-state index in [2.05, 4.69) is 10.2 Å². The summed E-state index contributed by atoms with van der Waals surface area (Å²) in [7, 11) is 0. The minimum absolute atomic E-state index is 0.0639. The maximum Gasteiger partial charge on any atom is 0.231 e. The van der Waals surface area contributed by atoms with Crippen molar-refractivity contribution in [2.45, 2.75) is 19.1 Å². The van der Waals surface area contributed by atoms with Gasteiger partial charge in [0, 0.05) is 37.3 Å². The number of halogens is 1. The van der Waals surface area contributed by atoms with Gasteiger partial charge < -0.3 is 19.5 Å². The number of carbonyl (C=O) groups excluding carboxylic acids is 1. The third-order valence-electron chi connectivity index (χ3n) is 5.86. The van der Waals surface area contributed by atoms with Crippen molar-refractivity contribution in [2.24, 2.45) is 0 Å². The van der Waals surface area contributed by atoms with Gasteiger partial charge in [0.15, 0.2) is 11.5 Å². The van der Waals surface area contributed by atoms with Crippen LogP contribution in [0.3, 0.4) is 0 Å². The Hall–Kier alpha value is -3.58. The quantitative estimate of drug-likeness (QED) is 0.621. The van der Waals surface area contributed by atoms with Crippen LogP contribution < -0.4 is 19.5 Å². The van der Waals surface area contributed by atoms with E-state index in [9.17, 15) is 9.18 Å². The molecule has 1 atom stereocenters. The summed E-state index contributed by atoms with van der Waals surface area (Å²) in [6.45, 7) is 2.50. The Morgan fingerprint density at radius 1 is 1.00 bits per heavy atom. The van der Waals surface area contributed by atoms with Gasteiger partial charge in [-0.05, 0) is 29.8 Å². The zero-order chi connectivity index (χ0) is 22.6. The molecule has 1 N–H and O–H groups in total. The number of para-hydroxylation sites is 1. The van der Waals surface area contributed by atoms with Gasteiger partial charge >= 0.3 is 0 Å². The topological polar surface area (TPSA) is 60.0 Å². The number of hydrogen-bond donors (Lipinski definition) is 1. The van der Waals surface area contributed by atoms with Crippen molar-refractivity contribution in [3.63, 3.8) is 0 Å². The molecule has 33 heavy (non-hydrogen) atoms. The SMILES string of the molecule is O=C(Cc1ccc2c(c1)OCO2)NCCN1Cc2ccccc2O[C@@H](c2ccccc2F)C1. The van der Waals surface area contributed by atoms with E-state index in [4.69, 9.17) is 14.2 Å². The first-order valence-electron chi connectivity index (χ1n) is 11.0. The maximum atomic E-state index is 14.5. The summed E-state index contributed by atoms with van der Waals surface area (Å²) in [4.78, 5) is 14.7. The van der Waals surface area contributed by atoms with E-state index >= 15 is 0 Å². The Balaban J connectivity index is 1.22. The molecule has 0 radical (unpaired) electrons. The standard InChI is InChI=1S/C26H25FN2O4/c27-21-7-3-2-6-20(21)25-16-29(15-19-5-1-4-8-22(19)33-25)12-11-28-26(30)14-18-9-10-23-24(13-18)32-17-31-23/h1-10,13,25H,11-12,14-17H2,(H,28,30)/t25-/m1/s1. The van der Waals surface area contributed by atoms with E-state index in [-0.39, 0.29) is 24.9 Å². The molecule has 0 fully saturated rings. The predicted molar refractivity (Wildman–Crippen MR) is 121 cm³/mol. The Morgan fingerprint density at radius 2 is 1.82 bits per heavy atom. The van der Waals surface area contributed by atoms with Crippen LogP contribution in [0.2, 0.25) is 0 Å². The molecule has 0 bridgehead atoms. The molecule has 0 aromatic heterocycles. The molecule has 170 valence electrons. The fourth-order valence-electron chi connectivity index (χ4n) is 4.20. The first-order chi connectivity index (χ1) is 16.2. The molecule has 0 saturated carbocycles. The van der Waals surface area contributed by atoms with Crippen molar-refractivity contribution in [2.75, 3.05) is 26.4 Å². The van der Waals surface area contributed by atoms with E-state index in [1.54, 1.807) is 12.1 Å². The lowest BCUT2D eigenvalue weighted by molar-refractivity contribution is -0.120. The summed E-state index contributed by atoms with van der Waals surface area (Å²) >= 11 is 0. The van der Waals surface area contributed by atoms with Crippen LogP contribution in [0.15, 0.2) is 66.7 Å². The minimum atomic E-state index is -0.431. The number of rotatable bonds is 6. The van der Waals surface area contributed by atoms with Gasteiger partial charge in [-0.1, -0.05) is 42.5 Å². The van der Waals surface area contributed by atoms with Gasteiger partial charge in [-0.3, -0.25) is 9.69 Å². The number of carbonyl (C=O) groups is 1. The highest BCUT2D eigenvalue weighted by atomic mass is 19.1. The van der Waals surface area contributed by atoms with E-state index in [0.29, 0.717) is 43.2 Å². The lowest BCUT2D eigenvalue weighted by Gasteiger charge is -2.24. The van der Waals surface area contributed by atoms with Crippen molar-refractivity contribution in [3.8, 4) is 17.2 Å². The Morgan fingerprint density at radius 3 is 2.73 bits per heavy atom. The molecule has 5 rings (SSSR count). The molecule has 3 aromatic rings. The third-order valence-corrected chi connectivity index (χ3v) is 5.86. The molecular weight excluding hydrogens is 423 g/mol. The molecule has 0 saturated heterocycles. The normalized spacial score (nSPS) is 17.1. The fraction of sp³-hybridized carbons (Fsp3) is 0.269. The Kier molecular flexibility index (Phi) is 6.13. The Labute approximate surface area is 191 Å². The van der Waals surface area contributed by atoms with Crippen molar-refractivity contribution in [1.82, 2.24) is 10.2 Å². The lowest BCUT2D eigenvalue weighted by Crippen LogP contribution is -2.37. The van der Waals surface area contributed by atoms with Gasteiger partial charge in [0.25, 0.3) is 0 Å². The second kappa shape index (κ2) is 9.50. The van der Waals surface area contributed by atoms with Crippen molar-refractivity contribution in [1.29, 1.82) is 0 Å². The molecular formula is C26H25FN2O4. The zero-order valence-corrected chi connectivity index (χ0v) is 18.1. The molecule has 3 aromatic carbocycles. The molecule has 0 unspecified atom stereocenters. The van der Waals surface area contributed by atoms with Crippen LogP contribution >= 0.6 is 0 Å². The zero-order valence-electron chi connectivity index (χ0n) is 18.1. The Bertz CT molecular complexity index is 1150. The van der Waals surface area contributed by atoms with Crippen LogP contribution in [0, 0.1) is 5.82 Å². The molecule has 6 nitrogen and oxygen atoms in total. The maximum absolute atomic E-state index is 14.5. The average Bonchev–Trinajstić information content (AvgIpc) is 3.19. The van der Waals surface area contributed by atoms with E-state index < -0.39 is 6.10 Å². The van der Waals surface area contributed by atoms with E-state index in [1.165, 1.54) is 6.07 Å². The van der Waals surface area contributed by atoms with Crippen molar-refractivity contribution < 1.29 is 23.4 Å². The van der Waals surface area contributed by atoms with E-state index in [1.807, 2.05) is 48.5 Å². The lowest BCUT2D eigenvalue weighted by atomic mass is 10.1. The van der Waals surface area contributed by atoms with Crippen LogP contribution in [0.1, 0.15) is 22.8 Å². The fourth-order valence-corrected chi connectivity index (χ4v) is 4.20. The van der Waals surface area contributed by atoms with Gasteiger partial charge in [0.1, 0.15) is 17.7 Å². The largest absolute Gasteiger partial charge is 0.484 e. The minimum Gasteiger partial charge on any atom is -0.484 e. The van der Waals surface area contributed by atoms with Crippen LogP contribution in [0.4, 0.5) is 4.39 Å². The second-order valence-corrected chi connectivity index (χ2v) is 8.19. The van der Waals surface area contributed by atoms with Gasteiger partial charge in [0.05, 0.1) is 6.42 Å². The number of amides is 1.